The lowest BCUT2D eigenvalue weighted by atomic mass is 10.2. The number of hydrazone groups is 1. The number of anilines is 1. The van der Waals surface area contributed by atoms with Crippen LogP contribution in [0.15, 0.2) is 23.3 Å². The molecule has 1 atom stereocenters. The second kappa shape index (κ2) is 7.14. The normalized spacial score (nSPS) is 12.3. The van der Waals surface area contributed by atoms with Crippen LogP contribution in [0.5, 0.6) is 0 Å². The molecule has 0 spiro atoms. The Labute approximate surface area is 114 Å². The molecule has 1 aromatic carbocycles. The van der Waals surface area contributed by atoms with Gasteiger partial charge < -0.3 is 5.11 Å². The number of hydrogen-bond donors (Lipinski definition) is 2. The predicted octanol–water partition coefficient (Wildman–Crippen LogP) is 2.06. The maximum atomic E-state index is 10.8. The highest BCUT2D eigenvalue weighted by atomic mass is 16.6. The summed E-state index contributed by atoms with van der Waals surface area (Å²) >= 11 is 0. The first-order valence-electron chi connectivity index (χ1n) is 5.84. The fourth-order valence-corrected chi connectivity index (χ4v) is 1.34. The van der Waals surface area contributed by atoms with Crippen molar-refractivity contribution < 1.29 is 15.0 Å². The van der Waals surface area contributed by atoms with E-state index in [0.717, 1.165) is 12.1 Å². The molecule has 0 aliphatic heterocycles. The van der Waals surface area contributed by atoms with Crippen LogP contribution in [0.25, 0.3) is 0 Å². The Hall–Kier alpha value is -2.55. The summed E-state index contributed by atoms with van der Waals surface area (Å²) in [5.74, 6) is 0. The molecule has 0 radical (unpaired) electrons. The van der Waals surface area contributed by atoms with Crippen LogP contribution in [-0.2, 0) is 0 Å². The van der Waals surface area contributed by atoms with E-state index in [9.17, 15) is 25.3 Å². The number of non-ortho nitro benzene ring substituents is 1. The van der Waals surface area contributed by atoms with E-state index in [2.05, 4.69) is 10.5 Å². The number of nitrogens with zero attached hydrogens (tertiary/aromatic N) is 3. The lowest BCUT2D eigenvalue weighted by Crippen LogP contribution is -2.05. The number of benzene rings is 1. The van der Waals surface area contributed by atoms with Gasteiger partial charge in [0.25, 0.3) is 5.69 Å². The van der Waals surface area contributed by atoms with Crippen LogP contribution in [0.3, 0.4) is 0 Å². The lowest BCUT2D eigenvalue weighted by molar-refractivity contribution is -0.393. The summed E-state index contributed by atoms with van der Waals surface area (Å²) in [7, 11) is 0. The van der Waals surface area contributed by atoms with Gasteiger partial charge in [-0.05, 0) is 12.5 Å². The van der Waals surface area contributed by atoms with Crippen LogP contribution < -0.4 is 5.43 Å². The third kappa shape index (κ3) is 4.28. The average molecular weight is 282 g/mol. The van der Waals surface area contributed by atoms with Crippen molar-refractivity contribution in [1.82, 2.24) is 0 Å². The summed E-state index contributed by atoms with van der Waals surface area (Å²) in [5, 5.41) is 34.4. The first-order valence-corrected chi connectivity index (χ1v) is 5.84. The fraction of sp³-hybridized carbons (Fsp3) is 0.364. The van der Waals surface area contributed by atoms with E-state index in [1.54, 1.807) is 0 Å². The van der Waals surface area contributed by atoms with Crippen molar-refractivity contribution in [1.29, 1.82) is 0 Å². The Morgan fingerprint density at radius 2 is 2.10 bits per heavy atom. The molecule has 0 amide bonds. The summed E-state index contributed by atoms with van der Waals surface area (Å²) in [6.45, 7) is 1.81. The van der Waals surface area contributed by atoms with Gasteiger partial charge >= 0.3 is 5.69 Å². The Bertz CT molecular complexity index is 532. The zero-order valence-electron chi connectivity index (χ0n) is 10.7. The molecule has 0 saturated carbocycles. The van der Waals surface area contributed by atoms with Gasteiger partial charge in [0.15, 0.2) is 0 Å². The van der Waals surface area contributed by atoms with Crippen molar-refractivity contribution in [3.05, 3.63) is 38.4 Å². The molecule has 0 saturated heterocycles. The van der Waals surface area contributed by atoms with Crippen molar-refractivity contribution >= 4 is 23.3 Å². The van der Waals surface area contributed by atoms with Crippen molar-refractivity contribution in [2.45, 2.75) is 25.9 Å². The van der Waals surface area contributed by atoms with Crippen molar-refractivity contribution in [2.75, 3.05) is 5.43 Å². The van der Waals surface area contributed by atoms with Gasteiger partial charge in [-0.3, -0.25) is 25.7 Å². The van der Waals surface area contributed by atoms with Gasteiger partial charge in [0, 0.05) is 18.7 Å². The fourth-order valence-electron chi connectivity index (χ4n) is 1.34. The average Bonchev–Trinajstić information content (AvgIpc) is 2.42. The maximum absolute atomic E-state index is 10.8. The molecule has 0 bridgehead atoms. The van der Waals surface area contributed by atoms with E-state index in [1.807, 2.05) is 6.92 Å². The molecule has 1 unspecified atom stereocenters. The van der Waals surface area contributed by atoms with Gasteiger partial charge in [-0.25, -0.2) is 0 Å². The third-order valence-electron chi connectivity index (χ3n) is 2.51. The van der Waals surface area contributed by atoms with Crippen LogP contribution >= 0.6 is 0 Å². The molecule has 2 N–H and O–H groups in total. The Morgan fingerprint density at radius 3 is 2.65 bits per heavy atom. The van der Waals surface area contributed by atoms with Gasteiger partial charge in [-0.1, -0.05) is 6.92 Å². The smallest absolute Gasteiger partial charge is 0.301 e. The zero-order chi connectivity index (χ0) is 15.1. The van der Waals surface area contributed by atoms with Gasteiger partial charge in [0.1, 0.15) is 5.69 Å². The number of nitro groups is 2. The van der Waals surface area contributed by atoms with E-state index in [4.69, 9.17) is 0 Å². The summed E-state index contributed by atoms with van der Waals surface area (Å²) in [4.78, 5) is 20.0. The highest BCUT2D eigenvalue weighted by molar-refractivity contribution is 5.67. The summed E-state index contributed by atoms with van der Waals surface area (Å²) in [5.41, 5.74) is 1.67. The Kier molecular flexibility index (Phi) is 5.54. The van der Waals surface area contributed by atoms with Gasteiger partial charge in [0.05, 0.1) is 22.0 Å². The minimum absolute atomic E-state index is 0.0443. The molecule has 9 heteroatoms. The molecule has 0 aromatic heterocycles. The minimum atomic E-state index is -0.730. The molecule has 1 rings (SSSR count). The van der Waals surface area contributed by atoms with E-state index >= 15 is 0 Å². The van der Waals surface area contributed by atoms with Gasteiger partial charge in [-0.15, -0.1) is 0 Å². The molecule has 0 heterocycles. The molecule has 20 heavy (non-hydrogen) atoms. The molecular weight excluding hydrogens is 268 g/mol. The first kappa shape index (κ1) is 15.5. The Morgan fingerprint density at radius 1 is 1.40 bits per heavy atom. The van der Waals surface area contributed by atoms with E-state index < -0.39 is 21.6 Å². The van der Waals surface area contributed by atoms with Crippen molar-refractivity contribution in [3.8, 4) is 0 Å². The SMILES string of the molecule is CCC(O)CC=NNc1ccc([N+](=O)[O-])cc1[N+](=O)[O-]. The number of rotatable bonds is 7. The van der Waals surface area contributed by atoms with Crippen LogP contribution in [0.1, 0.15) is 19.8 Å². The van der Waals surface area contributed by atoms with E-state index in [1.165, 1.54) is 12.3 Å². The highest BCUT2D eigenvalue weighted by Gasteiger charge is 2.18. The first-order chi connectivity index (χ1) is 9.45. The Balaban J connectivity index is 2.84. The number of nitro benzene ring substituents is 2. The highest BCUT2D eigenvalue weighted by Crippen LogP contribution is 2.28. The van der Waals surface area contributed by atoms with Crippen LogP contribution in [0.4, 0.5) is 17.1 Å². The van der Waals surface area contributed by atoms with E-state index in [-0.39, 0.29) is 11.4 Å². The van der Waals surface area contributed by atoms with E-state index in [0.29, 0.717) is 12.8 Å². The molecule has 108 valence electrons. The molecular formula is C11H14N4O5. The topological polar surface area (TPSA) is 131 Å². The van der Waals surface area contributed by atoms with Crippen LogP contribution in [-0.4, -0.2) is 27.3 Å². The second-order valence-electron chi connectivity index (χ2n) is 3.94. The predicted molar refractivity (Wildman–Crippen MR) is 72.8 cm³/mol. The zero-order valence-corrected chi connectivity index (χ0v) is 10.7. The number of aliphatic hydroxyl groups is 1. The maximum Gasteiger partial charge on any atom is 0.301 e. The summed E-state index contributed by atoms with van der Waals surface area (Å²) in [6, 6.07) is 3.22. The van der Waals surface area contributed by atoms with Gasteiger partial charge in [0.2, 0.25) is 0 Å². The summed E-state index contributed by atoms with van der Waals surface area (Å²) in [6.07, 6.45) is 1.75. The molecule has 0 fully saturated rings. The second-order valence-corrected chi connectivity index (χ2v) is 3.94. The monoisotopic (exact) mass is 282 g/mol. The lowest BCUT2D eigenvalue weighted by Gasteiger charge is -2.03. The quantitative estimate of drug-likeness (QED) is 0.447. The summed E-state index contributed by atoms with van der Waals surface area (Å²) < 4.78 is 0. The molecule has 0 aliphatic carbocycles. The number of aliphatic hydroxyl groups excluding tert-OH is 1. The standard InChI is InChI=1S/C11H14N4O5/c1-2-9(16)5-6-12-13-10-4-3-8(14(17)18)7-11(10)15(19)20/h3-4,6-7,9,13,16H,2,5H2,1H3. The third-order valence-corrected chi connectivity index (χ3v) is 2.51. The van der Waals surface area contributed by atoms with Crippen LogP contribution in [0.2, 0.25) is 0 Å². The largest absolute Gasteiger partial charge is 0.393 e. The van der Waals surface area contributed by atoms with Crippen molar-refractivity contribution in [3.63, 3.8) is 0 Å². The minimum Gasteiger partial charge on any atom is -0.393 e. The number of hydrogen-bond acceptors (Lipinski definition) is 7. The molecule has 1 aromatic rings. The van der Waals surface area contributed by atoms with Crippen LogP contribution in [0, 0.1) is 20.2 Å². The number of nitrogens with one attached hydrogen (secondary N) is 1. The molecule has 0 aliphatic rings. The molecule has 9 nitrogen and oxygen atoms in total. The van der Waals surface area contributed by atoms with Crippen molar-refractivity contribution in [2.24, 2.45) is 5.10 Å². The van der Waals surface area contributed by atoms with Gasteiger partial charge in [-0.2, -0.15) is 5.10 Å².